The fourth-order valence-corrected chi connectivity index (χ4v) is 1.86. The number of aromatic nitrogens is 4. The summed E-state index contributed by atoms with van der Waals surface area (Å²) in [5.74, 6) is 0.533. The number of halogens is 3. The van der Waals surface area contributed by atoms with Crippen molar-refractivity contribution in [2.75, 3.05) is 0 Å². The van der Waals surface area contributed by atoms with E-state index in [1.807, 2.05) is 0 Å². The smallest absolute Gasteiger partial charge is 0.345 e. The first-order valence-corrected chi connectivity index (χ1v) is 6.22. The molecule has 0 aliphatic rings. The first-order chi connectivity index (χ1) is 10.5. The Morgan fingerprint density at radius 3 is 2.68 bits per heavy atom. The highest BCUT2D eigenvalue weighted by Gasteiger charge is 2.34. The second-order valence-electron chi connectivity index (χ2n) is 4.31. The Balaban J connectivity index is 1.92. The molecule has 5 nitrogen and oxygen atoms in total. The van der Waals surface area contributed by atoms with Gasteiger partial charge in [0.25, 0.3) is 5.89 Å². The maximum Gasteiger partial charge on any atom is 0.417 e. The molecule has 1 aromatic carbocycles. The van der Waals surface area contributed by atoms with E-state index in [9.17, 15) is 13.2 Å². The summed E-state index contributed by atoms with van der Waals surface area (Å²) < 4.78 is 43.8. The number of benzene rings is 1. The summed E-state index contributed by atoms with van der Waals surface area (Å²) in [6.07, 6.45) is 1.76. The Bertz CT molecular complexity index is 791. The van der Waals surface area contributed by atoms with Crippen LogP contribution in [0.3, 0.4) is 0 Å². The number of rotatable bonds is 3. The summed E-state index contributed by atoms with van der Waals surface area (Å²) in [5.41, 5.74) is -0.936. The lowest BCUT2D eigenvalue weighted by molar-refractivity contribution is -0.137. The SMILES string of the molecule is FC(F)(F)c1ccccc1-c1noc(/C=C/c2ncc[nH]2)n1. The van der Waals surface area contributed by atoms with Gasteiger partial charge >= 0.3 is 6.18 Å². The van der Waals surface area contributed by atoms with Crippen molar-refractivity contribution < 1.29 is 17.7 Å². The Hall–Kier alpha value is -2.90. The van der Waals surface area contributed by atoms with E-state index in [-0.39, 0.29) is 17.3 Å². The molecule has 0 spiro atoms. The molecule has 0 unspecified atom stereocenters. The molecular formula is C14H9F3N4O. The van der Waals surface area contributed by atoms with Crippen molar-refractivity contribution in [1.82, 2.24) is 20.1 Å². The molecule has 2 heterocycles. The molecule has 3 rings (SSSR count). The monoisotopic (exact) mass is 306 g/mol. The number of nitrogens with one attached hydrogen (secondary N) is 1. The van der Waals surface area contributed by atoms with Gasteiger partial charge in [-0.25, -0.2) is 4.98 Å². The predicted octanol–water partition coefficient (Wildman–Crippen LogP) is 3.65. The first kappa shape index (κ1) is 14.1. The Morgan fingerprint density at radius 1 is 1.14 bits per heavy atom. The molecule has 3 aromatic rings. The van der Waals surface area contributed by atoms with Crippen LogP contribution in [0.4, 0.5) is 13.2 Å². The molecule has 0 aliphatic carbocycles. The normalized spacial score (nSPS) is 12.1. The van der Waals surface area contributed by atoms with Gasteiger partial charge in [-0.05, 0) is 12.1 Å². The molecule has 0 saturated carbocycles. The van der Waals surface area contributed by atoms with E-state index in [4.69, 9.17) is 4.52 Å². The molecule has 2 aromatic heterocycles. The van der Waals surface area contributed by atoms with Crippen LogP contribution in [0.15, 0.2) is 41.2 Å². The number of hydrogen-bond donors (Lipinski definition) is 1. The van der Waals surface area contributed by atoms with Crippen LogP contribution >= 0.6 is 0 Å². The van der Waals surface area contributed by atoms with Crippen LogP contribution in [0.5, 0.6) is 0 Å². The van der Waals surface area contributed by atoms with Gasteiger partial charge < -0.3 is 9.51 Å². The van der Waals surface area contributed by atoms with Gasteiger partial charge in [-0.1, -0.05) is 23.4 Å². The number of H-pyrrole nitrogens is 1. The first-order valence-electron chi connectivity index (χ1n) is 6.22. The minimum Gasteiger partial charge on any atom is -0.345 e. The van der Waals surface area contributed by atoms with E-state index in [1.165, 1.54) is 24.3 Å². The van der Waals surface area contributed by atoms with Crippen LogP contribution in [0.2, 0.25) is 0 Å². The summed E-state index contributed by atoms with van der Waals surface area (Å²) in [7, 11) is 0. The molecule has 0 bridgehead atoms. The van der Waals surface area contributed by atoms with E-state index in [2.05, 4.69) is 20.1 Å². The molecule has 0 aliphatic heterocycles. The van der Waals surface area contributed by atoms with Crippen molar-refractivity contribution in [2.45, 2.75) is 6.18 Å². The summed E-state index contributed by atoms with van der Waals surface area (Å²) >= 11 is 0. The molecule has 0 saturated heterocycles. The molecule has 8 heteroatoms. The zero-order valence-corrected chi connectivity index (χ0v) is 11.0. The highest BCUT2D eigenvalue weighted by atomic mass is 19.4. The zero-order valence-electron chi connectivity index (χ0n) is 11.0. The van der Waals surface area contributed by atoms with E-state index < -0.39 is 11.7 Å². The maximum absolute atomic E-state index is 13.0. The topological polar surface area (TPSA) is 67.6 Å². The highest BCUT2D eigenvalue weighted by Crippen LogP contribution is 2.35. The third kappa shape index (κ3) is 2.90. The maximum atomic E-state index is 13.0. The Kier molecular flexibility index (Phi) is 3.50. The van der Waals surface area contributed by atoms with E-state index in [0.717, 1.165) is 6.07 Å². The minimum atomic E-state index is -4.48. The molecule has 0 radical (unpaired) electrons. The van der Waals surface area contributed by atoms with Crippen molar-refractivity contribution in [2.24, 2.45) is 0 Å². The largest absolute Gasteiger partial charge is 0.417 e. The van der Waals surface area contributed by atoms with Crippen LogP contribution < -0.4 is 0 Å². The van der Waals surface area contributed by atoms with Crippen molar-refractivity contribution >= 4 is 12.2 Å². The van der Waals surface area contributed by atoms with Gasteiger partial charge in [-0.15, -0.1) is 0 Å². The number of nitrogens with zero attached hydrogens (tertiary/aromatic N) is 3. The van der Waals surface area contributed by atoms with Crippen molar-refractivity contribution in [3.8, 4) is 11.4 Å². The molecule has 22 heavy (non-hydrogen) atoms. The van der Waals surface area contributed by atoms with E-state index >= 15 is 0 Å². The van der Waals surface area contributed by atoms with Gasteiger partial charge in [0, 0.05) is 24.0 Å². The lowest BCUT2D eigenvalue weighted by Crippen LogP contribution is -2.07. The van der Waals surface area contributed by atoms with Crippen molar-refractivity contribution in [3.05, 3.63) is 53.9 Å². The third-order valence-electron chi connectivity index (χ3n) is 2.82. The van der Waals surface area contributed by atoms with E-state index in [1.54, 1.807) is 18.5 Å². The van der Waals surface area contributed by atoms with Gasteiger partial charge in [0.1, 0.15) is 5.82 Å². The Labute approximate surface area is 122 Å². The van der Waals surface area contributed by atoms with Gasteiger partial charge in [0.2, 0.25) is 5.82 Å². The summed E-state index contributed by atoms with van der Waals surface area (Å²) in [5, 5.41) is 3.59. The number of alkyl halides is 3. The van der Waals surface area contributed by atoms with Crippen LogP contribution in [0.25, 0.3) is 23.5 Å². The molecule has 1 N–H and O–H groups in total. The number of imidazole rings is 1. The lowest BCUT2D eigenvalue weighted by Gasteiger charge is -2.09. The third-order valence-corrected chi connectivity index (χ3v) is 2.82. The van der Waals surface area contributed by atoms with Crippen LogP contribution in [-0.2, 0) is 6.18 Å². The lowest BCUT2D eigenvalue weighted by atomic mass is 10.1. The Morgan fingerprint density at radius 2 is 1.95 bits per heavy atom. The molecule has 0 amide bonds. The van der Waals surface area contributed by atoms with Gasteiger partial charge in [0.15, 0.2) is 0 Å². The minimum absolute atomic E-state index is 0.0865. The van der Waals surface area contributed by atoms with Crippen LogP contribution in [-0.4, -0.2) is 20.1 Å². The summed E-state index contributed by atoms with van der Waals surface area (Å²) in [4.78, 5) is 10.7. The number of aromatic amines is 1. The summed E-state index contributed by atoms with van der Waals surface area (Å²) in [6, 6.07) is 5.07. The average Bonchev–Trinajstić information content (AvgIpc) is 3.16. The predicted molar refractivity (Wildman–Crippen MR) is 72.3 cm³/mol. The second kappa shape index (κ2) is 5.47. The van der Waals surface area contributed by atoms with E-state index in [0.29, 0.717) is 5.82 Å². The molecule has 0 fully saturated rings. The second-order valence-corrected chi connectivity index (χ2v) is 4.31. The quantitative estimate of drug-likeness (QED) is 0.802. The molecule has 112 valence electrons. The van der Waals surface area contributed by atoms with Crippen LogP contribution in [0.1, 0.15) is 17.3 Å². The standard InChI is InChI=1S/C14H9F3N4O/c15-14(16,17)10-4-2-1-3-9(10)13-20-12(22-21-13)6-5-11-18-7-8-19-11/h1-8H,(H,18,19)/b6-5+. The molecule has 0 atom stereocenters. The van der Waals surface area contributed by atoms with Gasteiger partial charge in [-0.2, -0.15) is 18.2 Å². The fraction of sp³-hybridized carbons (Fsp3) is 0.0714. The van der Waals surface area contributed by atoms with Gasteiger partial charge in [0.05, 0.1) is 5.56 Å². The average molecular weight is 306 g/mol. The zero-order chi connectivity index (χ0) is 15.6. The molecular weight excluding hydrogens is 297 g/mol. The highest BCUT2D eigenvalue weighted by molar-refractivity contribution is 5.65. The summed E-state index contributed by atoms with van der Waals surface area (Å²) in [6.45, 7) is 0. The fourth-order valence-electron chi connectivity index (χ4n) is 1.86. The van der Waals surface area contributed by atoms with Crippen molar-refractivity contribution in [1.29, 1.82) is 0 Å². The van der Waals surface area contributed by atoms with Crippen LogP contribution in [0, 0.1) is 0 Å². The van der Waals surface area contributed by atoms with Crippen molar-refractivity contribution in [3.63, 3.8) is 0 Å². The van der Waals surface area contributed by atoms with Gasteiger partial charge in [-0.3, -0.25) is 0 Å². The number of hydrogen-bond acceptors (Lipinski definition) is 4.